The third kappa shape index (κ3) is 5.49. The maximum atomic E-state index is 10.9. The SMILES string of the molecule is CCC(=C(c1ccc(C=CC(=O)O)cc1)c1ccc2[nH]ncc2c1)c1cccc(Oc2ccncc2)c1. The van der Waals surface area contributed by atoms with Crippen LogP contribution in [0.1, 0.15) is 35.6 Å². The predicted octanol–water partition coefficient (Wildman–Crippen LogP) is 7.22. The van der Waals surface area contributed by atoms with Crippen molar-refractivity contribution in [1.29, 1.82) is 0 Å². The molecular formula is C31H25N3O3. The molecule has 0 atom stereocenters. The highest BCUT2D eigenvalue weighted by Crippen LogP contribution is 2.37. The molecule has 5 rings (SSSR count). The van der Waals surface area contributed by atoms with Gasteiger partial charge in [0.25, 0.3) is 0 Å². The van der Waals surface area contributed by atoms with Crippen molar-refractivity contribution in [2.45, 2.75) is 13.3 Å². The molecule has 6 nitrogen and oxygen atoms in total. The molecule has 6 heteroatoms. The fourth-order valence-corrected chi connectivity index (χ4v) is 4.36. The van der Waals surface area contributed by atoms with Crippen molar-refractivity contribution in [2.24, 2.45) is 0 Å². The van der Waals surface area contributed by atoms with E-state index < -0.39 is 5.97 Å². The molecule has 0 aliphatic heterocycles. The first-order valence-corrected chi connectivity index (χ1v) is 12.0. The zero-order chi connectivity index (χ0) is 25.6. The average molecular weight is 488 g/mol. The zero-order valence-electron chi connectivity index (χ0n) is 20.3. The Balaban J connectivity index is 1.63. The molecule has 0 fully saturated rings. The number of hydrogen-bond acceptors (Lipinski definition) is 4. The van der Waals surface area contributed by atoms with Crippen molar-refractivity contribution in [3.8, 4) is 11.5 Å². The first-order valence-electron chi connectivity index (χ1n) is 12.0. The van der Waals surface area contributed by atoms with E-state index in [0.717, 1.165) is 68.3 Å². The van der Waals surface area contributed by atoms with E-state index in [1.165, 1.54) is 0 Å². The quantitative estimate of drug-likeness (QED) is 0.178. The summed E-state index contributed by atoms with van der Waals surface area (Å²) in [5.41, 5.74) is 7.22. The Hall–Kier alpha value is -4.97. The van der Waals surface area contributed by atoms with E-state index in [1.807, 2.05) is 60.8 Å². The number of H-pyrrole nitrogens is 1. The van der Waals surface area contributed by atoms with Crippen molar-refractivity contribution in [2.75, 3.05) is 0 Å². The number of carbonyl (C=O) groups is 1. The second-order valence-electron chi connectivity index (χ2n) is 8.49. The molecule has 0 spiro atoms. The number of ether oxygens (including phenoxy) is 1. The van der Waals surface area contributed by atoms with Crippen LogP contribution in [0.2, 0.25) is 0 Å². The molecule has 0 saturated carbocycles. The van der Waals surface area contributed by atoms with Gasteiger partial charge in [0.15, 0.2) is 0 Å². The van der Waals surface area contributed by atoms with Crippen molar-refractivity contribution in [3.05, 3.63) is 126 Å². The predicted molar refractivity (Wildman–Crippen MR) is 146 cm³/mol. The number of aliphatic carboxylic acids is 1. The number of allylic oxidation sites excluding steroid dienone is 1. The topological polar surface area (TPSA) is 88.1 Å². The van der Waals surface area contributed by atoms with Crippen LogP contribution >= 0.6 is 0 Å². The molecule has 37 heavy (non-hydrogen) atoms. The highest BCUT2D eigenvalue weighted by molar-refractivity contribution is 6.00. The van der Waals surface area contributed by atoms with Gasteiger partial charge in [-0.3, -0.25) is 10.1 Å². The van der Waals surface area contributed by atoms with Crippen molar-refractivity contribution >= 4 is 34.1 Å². The minimum Gasteiger partial charge on any atom is -0.478 e. The lowest BCUT2D eigenvalue weighted by molar-refractivity contribution is -0.131. The molecule has 0 saturated heterocycles. The van der Waals surface area contributed by atoms with E-state index in [9.17, 15) is 4.79 Å². The molecule has 0 bridgehead atoms. The number of carboxylic acids is 1. The molecule has 5 aromatic rings. The first kappa shape index (κ1) is 23.8. The third-order valence-electron chi connectivity index (χ3n) is 6.07. The van der Waals surface area contributed by atoms with Gasteiger partial charge in [0.1, 0.15) is 11.5 Å². The molecule has 0 aliphatic rings. The first-order chi connectivity index (χ1) is 18.1. The van der Waals surface area contributed by atoms with Crippen molar-refractivity contribution < 1.29 is 14.6 Å². The molecule has 2 N–H and O–H groups in total. The Kier molecular flexibility index (Phi) is 6.90. The molecule has 2 aromatic heterocycles. The Morgan fingerprint density at radius 2 is 1.70 bits per heavy atom. The fourth-order valence-electron chi connectivity index (χ4n) is 4.36. The van der Waals surface area contributed by atoms with E-state index in [2.05, 4.69) is 46.4 Å². The van der Waals surface area contributed by atoms with E-state index in [-0.39, 0.29) is 0 Å². The summed E-state index contributed by atoms with van der Waals surface area (Å²) in [6, 6.07) is 26.0. The van der Waals surface area contributed by atoms with Crippen LogP contribution in [0.15, 0.2) is 104 Å². The lowest BCUT2D eigenvalue weighted by Gasteiger charge is -2.17. The number of aromatic nitrogens is 3. The van der Waals surface area contributed by atoms with Crippen LogP contribution in [0.25, 0.3) is 28.1 Å². The normalized spacial score (nSPS) is 12.0. The number of fused-ring (bicyclic) bond motifs is 1. The summed E-state index contributed by atoms with van der Waals surface area (Å²) in [5.74, 6) is 0.499. The molecule has 2 heterocycles. The summed E-state index contributed by atoms with van der Waals surface area (Å²) >= 11 is 0. The van der Waals surface area contributed by atoms with Crippen LogP contribution in [-0.2, 0) is 4.79 Å². The van der Waals surface area contributed by atoms with Gasteiger partial charge in [0.05, 0.1) is 11.7 Å². The molecule has 0 aliphatic carbocycles. The number of carboxylic acid groups (broad SMARTS) is 1. The third-order valence-corrected chi connectivity index (χ3v) is 6.07. The smallest absolute Gasteiger partial charge is 0.328 e. The van der Waals surface area contributed by atoms with Gasteiger partial charge in [0.2, 0.25) is 0 Å². The van der Waals surface area contributed by atoms with Crippen molar-refractivity contribution in [1.82, 2.24) is 15.2 Å². The zero-order valence-corrected chi connectivity index (χ0v) is 20.3. The Morgan fingerprint density at radius 1 is 0.919 bits per heavy atom. The van der Waals surface area contributed by atoms with Gasteiger partial charge in [-0.1, -0.05) is 49.4 Å². The van der Waals surface area contributed by atoms with Gasteiger partial charge < -0.3 is 9.84 Å². The van der Waals surface area contributed by atoms with Gasteiger partial charge in [-0.25, -0.2) is 4.79 Å². The van der Waals surface area contributed by atoms with Gasteiger partial charge in [-0.05, 0) is 82.3 Å². The Morgan fingerprint density at radius 3 is 2.46 bits per heavy atom. The maximum Gasteiger partial charge on any atom is 0.328 e. The summed E-state index contributed by atoms with van der Waals surface area (Å²) in [4.78, 5) is 15.0. The van der Waals surface area contributed by atoms with E-state index in [0.29, 0.717) is 0 Å². The van der Waals surface area contributed by atoms with E-state index in [4.69, 9.17) is 9.84 Å². The summed E-state index contributed by atoms with van der Waals surface area (Å²) in [7, 11) is 0. The maximum absolute atomic E-state index is 10.9. The number of benzene rings is 3. The summed E-state index contributed by atoms with van der Waals surface area (Å²) in [6.45, 7) is 2.14. The molecule has 0 unspecified atom stereocenters. The van der Waals surface area contributed by atoms with Gasteiger partial charge >= 0.3 is 5.97 Å². The van der Waals surface area contributed by atoms with Gasteiger partial charge in [-0.2, -0.15) is 5.10 Å². The van der Waals surface area contributed by atoms with E-state index >= 15 is 0 Å². The molecule has 0 radical (unpaired) electrons. The highest BCUT2D eigenvalue weighted by atomic mass is 16.5. The Labute approximate surface area is 214 Å². The lowest BCUT2D eigenvalue weighted by atomic mass is 9.87. The molecule has 3 aromatic carbocycles. The number of hydrogen-bond donors (Lipinski definition) is 2. The number of pyridine rings is 1. The monoisotopic (exact) mass is 487 g/mol. The van der Waals surface area contributed by atoms with Crippen LogP contribution in [0.5, 0.6) is 11.5 Å². The largest absolute Gasteiger partial charge is 0.478 e. The molecular weight excluding hydrogens is 462 g/mol. The summed E-state index contributed by atoms with van der Waals surface area (Å²) < 4.78 is 6.08. The summed E-state index contributed by atoms with van der Waals surface area (Å²) in [5, 5.41) is 17.2. The van der Waals surface area contributed by atoms with E-state index in [1.54, 1.807) is 18.5 Å². The van der Waals surface area contributed by atoms with Crippen molar-refractivity contribution in [3.63, 3.8) is 0 Å². The minimum absolute atomic E-state index is 0.727. The second kappa shape index (κ2) is 10.7. The van der Waals surface area contributed by atoms with Crippen LogP contribution in [0.4, 0.5) is 0 Å². The van der Waals surface area contributed by atoms with Gasteiger partial charge in [0, 0.05) is 23.9 Å². The number of nitrogens with one attached hydrogen (secondary N) is 1. The molecule has 182 valence electrons. The minimum atomic E-state index is -0.972. The average Bonchev–Trinajstić information content (AvgIpc) is 3.40. The number of nitrogens with zero attached hydrogens (tertiary/aromatic N) is 2. The number of rotatable bonds is 8. The van der Waals surface area contributed by atoms with Crippen LogP contribution in [0.3, 0.4) is 0 Å². The second-order valence-corrected chi connectivity index (χ2v) is 8.49. The molecule has 0 amide bonds. The van der Waals surface area contributed by atoms with Crippen LogP contribution in [-0.4, -0.2) is 26.3 Å². The van der Waals surface area contributed by atoms with Gasteiger partial charge in [-0.15, -0.1) is 0 Å². The van der Waals surface area contributed by atoms with Crippen LogP contribution < -0.4 is 4.74 Å². The van der Waals surface area contributed by atoms with Crippen LogP contribution in [0, 0.1) is 0 Å². The fraction of sp³-hybridized carbons (Fsp3) is 0.0645. The standard InChI is InChI=1S/C31H25N3O3/c1-2-28(23-4-3-5-27(19-23)37-26-14-16-32-17-15-26)31(24-11-12-29-25(18-24)20-33-34-29)22-9-6-21(7-10-22)8-13-30(35)36/h3-20H,2H2,1H3,(H,33,34)(H,35,36). The number of aromatic amines is 1. The lowest BCUT2D eigenvalue weighted by Crippen LogP contribution is -1.96. The summed E-state index contributed by atoms with van der Waals surface area (Å²) in [6.07, 6.45) is 8.76. The Bertz CT molecular complexity index is 1600. The highest BCUT2D eigenvalue weighted by Gasteiger charge is 2.15.